The zero-order valence-corrected chi connectivity index (χ0v) is 13.1. The number of carbonyl (C=O) groups excluding carboxylic acids is 1. The number of fused-ring (bicyclic) bond motifs is 1. The molecule has 3 rings (SSSR count). The standard InChI is InChI=1S/C17H18N2O4/c1-19(17(20)13-6-5-9-18-16(13)21-2)10-12-11-22-14-7-3-4-8-15(14)23-12/h3-9,12H,10-11H2,1-2H3. The summed E-state index contributed by atoms with van der Waals surface area (Å²) in [5.74, 6) is 1.57. The number of hydrogen-bond donors (Lipinski definition) is 0. The van der Waals surface area contributed by atoms with Gasteiger partial charge >= 0.3 is 0 Å². The first-order valence-corrected chi connectivity index (χ1v) is 7.32. The van der Waals surface area contributed by atoms with Crippen LogP contribution in [0, 0.1) is 0 Å². The fourth-order valence-corrected chi connectivity index (χ4v) is 2.46. The number of rotatable bonds is 4. The molecular weight excluding hydrogens is 296 g/mol. The van der Waals surface area contributed by atoms with Gasteiger partial charge in [-0.15, -0.1) is 0 Å². The molecule has 1 aliphatic rings. The van der Waals surface area contributed by atoms with Gasteiger partial charge in [-0.1, -0.05) is 12.1 Å². The Hall–Kier alpha value is -2.76. The van der Waals surface area contributed by atoms with Crippen LogP contribution in [0.1, 0.15) is 10.4 Å². The molecule has 0 bridgehead atoms. The van der Waals surface area contributed by atoms with Gasteiger partial charge in [0.15, 0.2) is 17.6 Å². The second-order valence-electron chi connectivity index (χ2n) is 5.24. The molecule has 1 atom stereocenters. The minimum absolute atomic E-state index is 0.169. The summed E-state index contributed by atoms with van der Waals surface area (Å²) in [7, 11) is 3.22. The average Bonchev–Trinajstić information content (AvgIpc) is 2.60. The van der Waals surface area contributed by atoms with Crippen LogP contribution in [-0.2, 0) is 0 Å². The summed E-state index contributed by atoms with van der Waals surface area (Å²) in [5, 5.41) is 0. The van der Waals surface area contributed by atoms with Crippen LogP contribution in [0.3, 0.4) is 0 Å². The number of likely N-dealkylation sites (N-methyl/N-ethyl adjacent to an activating group) is 1. The normalized spacial score (nSPS) is 15.8. The molecule has 1 aromatic carbocycles. The van der Waals surface area contributed by atoms with E-state index in [-0.39, 0.29) is 12.0 Å². The molecule has 0 saturated carbocycles. The van der Waals surface area contributed by atoms with Crippen LogP contribution in [0.25, 0.3) is 0 Å². The predicted molar refractivity (Wildman–Crippen MR) is 84.1 cm³/mol. The summed E-state index contributed by atoms with van der Waals surface area (Å²) in [6.45, 7) is 0.810. The lowest BCUT2D eigenvalue weighted by Gasteiger charge is -2.29. The molecule has 120 valence electrons. The second kappa shape index (κ2) is 6.56. The lowest BCUT2D eigenvalue weighted by Crippen LogP contribution is -2.41. The van der Waals surface area contributed by atoms with Gasteiger partial charge < -0.3 is 19.1 Å². The van der Waals surface area contributed by atoms with Gasteiger partial charge in [-0.2, -0.15) is 0 Å². The van der Waals surface area contributed by atoms with Crippen LogP contribution in [0.15, 0.2) is 42.6 Å². The highest BCUT2D eigenvalue weighted by atomic mass is 16.6. The summed E-state index contributed by atoms with van der Waals surface area (Å²) in [5.41, 5.74) is 0.426. The third-order valence-corrected chi connectivity index (χ3v) is 3.59. The summed E-state index contributed by atoms with van der Waals surface area (Å²) in [6, 6.07) is 10.9. The maximum absolute atomic E-state index is 12.6. The number of hydrogen-bond acceptors (Lipinski definition) is 5. The molecule has 2 aromatic rings. The van der Waals surface area contributed by atoms with E-state index in [9.17, 15) is 4.79 Å². The largest absolute Gasteiger partial charge is 0.486 e. The number of benzene rings is 1. The summed E-state index contributed by atoms with van der Waals surface area (Å²) in [4.78, 5) is 18.2. The Balaban J connectivity index is 1.68. The van der Waals surface area contributed by atoms with Gasteiger partial charge in [0.2, 0.25) is 5.88 Å². The van der Waals surface area contributed by atoms with Crippen molar-refractivity contribution in [1.82, 2.24) is 9.88 Å². The van der Waals surface area contributed by atoms with Crippen LogP contribution < -0.4 is 14.2 Å². The van der Waals surface area contributed by atoms with Crippen LogP contribution in [0.4, 0.5) is 0 Å². The van der Waals surface area contributed by atoms with E-state index in [0.29, 0.717) is 30.3 Å². The molecule has 6 heteroatoms. The maximum atomic E-state index is 12.6. The Morgan fingerprint density at radius 2 is 2.09 bits per heavy atom. The Bertz CT molecular complexity index is 704. The quantitative estimate of drug-likeness (QED) is 0.864. The van der Waals surface area contributed by atoms with Crippen molar-refractivity contribution in [3.63, 3.8) is 0 Å². The first-order valence-electron chi connectivity index (χ1n) is 7.32. The van der Waals surface area contributed by atoms with Gasteiger partial charge in [-0.25, -0.2) is 4.98 Å². The Kier molecular flexibility index (Phi) is 4.32. The minimum Gasteiger partial charge on any atom is -0.486 e. The number of amides is 1. The molecule has 0 radical (unpaired) electrons. The fourth-order valence-electron chi connectivity index (χ4n) is 2.46. The van der Waals surface area contributed by atoms with Crippen molar-refractivity contribution in [2.24, 2.45) is 0 Å². The van der Waals surface area contributed by atoms with Crippen LogP contribution in [0.2, 0.25) is 0 Å². The first kappa shape index (κ1) is 15.1. The maximum Gasteiger partial charge on any atom is 0.259 e. The molecule has 6 nitrogen and oxygen atoms in total. The highest BCUT2D eigenvalue weighted by Gasteiger charge is 2.25. The Morgan fingerprint density at radius 1 is 1.30 bits per heavy atom. The summed E-state index contributed by atoms with van der Waals surface area (Å²) < 4.78 is 16.7. The lowest BCUT2D eigenvalue weighted by molar-refractivity contribution is 0.0518. The van der Waals surface area contributed by atoms with Crippen molar-refractivity contribution in [2.75, 3.05) is 27.3 Å². The third-order valence-electron chi connectivity index (χ3n) is 3.59. The first-order chi connectivity index (χ1) is 11.2. The molecule has 1 unspecified atom stereocenters. The molecule has 1 aliphatic heterocycles. The SMILES string of the molecule is COc1ncccc1C(=O)N(C)CC1COc2ccccc2O1. The van der Waals surface area contributed by atoms with Gasteiger partial charge in [0.05, 0.1) is 13.7 Å². The summed E-state index contributed by atoms with van der Waals surface area (Å²) in [6.07, 6.45) is 1.37. The van der Waals surface area contributed by atoms with E-state index in [4.69, 9.17) is 14.2 Å². The van der Waals surface area contributed by atoms with E-state index >= 15 is 0 Å². The van der Waals surface area contributed by atoms with Gasteiger partial charge in [0.25, 0.3) is 5.91 Å². The van der Waals surface area contributed by atoms with E-state index in [1.807, 2.05) is 24.3 Å². The molecule has 0 aliphatic carbocycles. The number of aromatic nitrogens is 1. The van der Waals surface area contributed by atoms with E-state index in [1.165, 1.54) is 7.11 Å². The van der Waals surface area contributed by atoms with Crippen molar-refractivity contribution in [2.45, 2.75) is 6.10 Å². The number of ether oxygens (including phenoxy) is 3. The molecule has 0 N–H and O–H groups in total. The Morgan fingerprint density at radius 3 is 2.87 bits per heavy atom. The second-order valence-corrected chi connectivity index (χ2v) is 5.24. The lowest BCUT2D eigenvalue weighted by atomic mass is 10.2. The van der Waals surface area contributed by atoms with Crippen LogP contribution >= 0.6 is 0 Å². The molecule has 0 saturated heterocycles. The zero-order valence-electron chi connectivity index (χ0n) is 13.1. The fraction of sp³-hybridized carbons (Fsp3) is 0.294. The number of methoxy groups -OCH3 is 1. The van der Waals surface area contributed by atoms with Crippen LogP contribution in [-0.4, -0.2) is 49.2 Å². The topological polar surface area (TPSA) is 60.9 Å². The summed E-state index contributed by atoms with van der Waals surface area (Å²) >= 11 is 0. The zero-order chi connectivity index (χ0) is 16.2. The van der Waals surface area contributed by atoms with E-state index < -0.39 is 0 Å². The van der Waals surface area contributed by atoms with Crippen molar-refractivity contribution >= 4 is 5.91 Å². The molecular formula is C17H18N2O4. The van der Waals surface area contributed by atoms with Crippen molar-refractivity contribution in [3.8, 4) is 17.4 Å². The average molecular weight is 314 g/mol. The van der Waals surface area contributed by atoms with E-state index in [1.54, 1.807) is 30.3 Å². The van der Waals surface area contributed by atoms with Gasteiger partial charge in [0.1, 0.15) is 12.2 Å². The number of pyridine rings is 1. The molecule has 1 amide bonds. The molecule has 23 heavy (non-hydrogen) atoms. The van der Waals surface area contributed by atoms with Gasteiger partial charge in [-0.05, 0) is 24.3 Å². The van der Waals surface area contributed by atoms with Gasteiger partial charge in [0, 0.05) is 13.2 Å². The number of nitrogens with zero attached hydrogens (tertiary/aromatic N) is 2. The van der Waals surface area contributed by atoms with Crippen LogP contribution in [0.5, 0.6) is 17.4 Å². The molecule has 0 spiro atoms. The highest BCUT2D eigenvalue weighted by Crippen LogP contribution is 2.31. The van der Waals surface area contributed by atoms with Crippen molar-refractivity contribution in [3.05, 3.63) is 48.2 Å². The minimum atomic E-state index is -0.221. The third kappa shape index (κ3) is 3.21. The predicted octanol–water partition coefficient (Wildman–Crippen LogP) is 2.00. The van der Waals surface area contributed by atoms with E-state index in [2.05, 4.69) is 4.98 Å². The number of carbonyl (C=O) groups is 1. The number of para-hydroxylation sites is 2. The van der Waals surface area contributed by atoms with Crippen molar-refractivity contribution < 1.29 is 19.0 Å². The Labute approximate surface area is 134 Å². The van der Waals surface area contributed by atoms with Crippen molar-refractivity contribution in [1.29, 1.82) is 0 Å². The monoisotopic (exact) mass is 314 g/mol. The highest BCUT2D eigenvalue weighted by molar-refractivity contribution is 5.96. The van der Waals surface area contributed by atoms with Gasteiger partial charge in [-0.3, -0.25) is 4.79 Å². The molecule has 2 heterocycles. The smallest absolute Gasteiger partial charge is 0.259 e. The molecule has 1 aromatic heterocycles. The van der Waals surface area contributed by atoms with E-state index in [0.717, 1.165) is 5.75 Å². The molecule has 0 fully saturated rings.